The summed E-state index contributed by atoms with van der Waals surface area (Å²) < 4.78 is 15.5. The second-order valence-electron chi connectivity index (χ2n) is 7.99. The Kier molecular flexibility index (Phi) is 7.87. The maximum atomic E-state index is 12.4. The van der Waals surface area contributed by atoms with Gasteiger partial charge in [-0.2, -0.15) is 0 Å². The van der Waals surface area contributed by atoms with Crippen LogP contribution in [0.4, 0.5) is 9.59 Å². The van der Waals surface area contributed by atoms with Gasteiger partial charge >= 0.3 is 18.2 Å². The third kappa shape index (κ3) is 7.29. The summed E-state index contributed by atoms with van der Waals surface area (Å²) in [6, 6.07) is 8.08. The topological polar surface area (TPSA) is 94.2 Å². The second-order valence-corrected chi connectivity index (χ2v) is 7.99. The maximum absolute atomic E-state index is 12.4. The molecule has 1 N–H and O–H groups in total. The van der Waals surface area contributed by atoms with Gasteiger partial charge in [-0.1, -0.05) is 30.3 Å². The predicted molar refractivity (Wildman–Crippen MR) is 106 cm³/mol. The Balaban J connectivity index is 1.96. The van der Waals surface area contributed by atoms with Crippen molar-refractivity contribution >= 4 is 18.2 Å². The number of esters is 1. The number of carbonyl (C=O) groups is 3. The molecule has 0 saturated carbocycles. The van der Waals surface area contributed by atoms with Crippen molar-refractivity contribution in [2.24, 2.45) is 0 Å². The molecule has 0 unspecified atom stereocenters. The van der Waals surface area contributed by atoms with Crippen molar-refractivity contribution in [1.29, 1.82) is 0 Å². The Morgan fingerprint density at radius 3 is 2.52 bits per heavy atom. The molecule has 0 aromatic heterocycles. The standard InChI is InChI=1S/C21H30N2O6/c1-21(2,3)29-20(26)23-12-8-11-16(23)13-17(18(24)27-4)22-19(25)28-14-15-9-6-5-7-10-15/h5-7,9-10,16-17H,8,11-14H2,1-4H3,(H,22,25)/t16-,17-/m0/s1. The van der Waals surface area contributed by atoms with Crippen LogP contribution in [0.2, 0.25) is 0 Å². The van der Waals surface area contributed by atoms with Crippen molar-refractivity contribution in [3.05, 3.63) is 35.9 Å². The van der Waals surface area contributed by atoms with Gasteiger partial charge in [0.25, 0.3) is 0 Å². The van der Waals surface area contributed by atoms with E-state index in [0.717, 1.165) is 12.0 Å². The van der Waals surface area contributed by atoms with Crippen LogP contribution >= 0.6 is 0 Å². The van der Waals surface area contributed by atoms with Gasteiger partial charge in [-0.15, -0.1) is 0 Å². The zero-order valence-electron chi connectivity index (χ0n) is 17.5. The van der Waals surface area contributed by atoms with E-state index in [1.165, 1.54) is 7.11 Å². The minimum absolute atomic E-state index is 0.0913. The van der Waals surface area contributed by atoms with Crippen LogP contribution < -0.4 is 5.32 Å². The zero-order chi connectivity index (χ0) is 21.4. The molecular formula is C21H30N2O6. The van der Waals surface area contributed by atoms with E-state index in [4.69, 9.17) is 14.2 Å². The van der Waals surface area contributed by atoms with Crippen molar-refractivity contribution < 1.29 is 28.6 Å². The monoisotopic (exact) mass is 406 g/mol. The fraction of sp³-hybridized carbons (Fsp3) is 0.571. The van der Waals surface area contributed by atoms with Crippen molar-refractivity contribution in [3.8, 4) is 0 Å². The highest BCUT2D eigenvalue weighted by molar-refractivity contribution is 5.81. The molecule has 160 valence electrons. The molecular weight excluding hydrogens is 376 g/mol. The van der Waals surface area contributed by atoms with E-state index in [-0.39, 0.29) is 19.1 Å². The quantitative estimate of drug-likeness (QED) is 0.576. The number of nitrogens with zero attached hydrogens (tertiary/aromatic N) is 1. The molecule has 1 aromatic carbocycles. The molecule has 2 rings (SSSR count). The van der Waals surface area contributed by atoms with Crippen molar-refractivity contribution in [1.82, 2.24) is 10.2 Å². The first kappa shape index (κ1) is 22.5. The largest absolute Gasteiger partial charge is 0.467 e. The number of amides is 2. The number of hydrogen-bond acceptors (Lipinski definition) is 6. The molecule has 8 heteroatoms. The van der Waals surface area contributed by atoms with E-state index in [9.17, 15) is 14.4 Å². The summed E-state index contributed by atoms with van der Waals surface area (Å²) >= 11 is 0. The highest BCUT2D eigenvalue weighted by Gasteiger charge is 2.36. The van der Waals surface area contributed by atoms with Crippen LogP contribution in [0.3, 0.4) is 0 Å². The molecule has 8 nitrogen and oxygen atoms in total. The first-order chi connectivity index (χ1) is 13.7. The lowest BCUT2D eigenvalue weighted by molar-refractivity contribution is -0.143. The van der Waals surface area contributed by atoms with E-state index in [2.05, 4.69) is 5.32 Å². The number of rotatable bonds is 6. The van der Waals surface area contributed by atoms with E-state index < -0.39 is 29.8 Å². The van der Waals surface area contributed by atoms with Crippen LogP contribution in [-0.2, 0) is 25.6 Å². The minimum Gasteiger partial charge on any atom is -0.467 e. The molecule has 2 atom stereocenters. The SMILES string of the molecule is COC(=O)[C@H](C[C@@H]1CCCN1C(=O)OC(C)(C)C)NC(=O)OCc1ccccc1. The van der Waals surface area contributed by atoms with Crippen LogP contribution in [0, 0.1) is 0 Å². The number of nitrogens with one attached hydrogen (secondary N) is 1. The van der Waals surface area contributed by atoms with E-state index in [0.29, 0.717) is 13.0 Å². The van der Waals surface area contributed by atoms with E-state index in [1.807, 2.05) is 30.3 Å². The predicted octanol–water partition coefficient (Wildman–Crippen LogP) is 3.24. The van der Waals surface area contributed by atoms with Crippen LogP contribution in [0.15, 0.2) is 30.3 Å². The number of benzene rings is 1. The summed E-state index contributed by atoms with van der Waals surface area (Å²) in [6.45, 7) is 6.05. The fourth-order valence-corrected chi connectivity index (χ4v) is 3.18. The zero-order valence-corrected chi connectivity index (χ0v) is 17.5. The van der Waals surface area contributed by atoms with Crippen LogP contribution in [-0.4, -0.2) is 54.4 Å². The van der Waals surface area contributed by atoms with Gasteiger partial charge in [0.1, 0.15) is 18.2 Å². The molecule has 1 aromatic rings. The number of ether oxygens (including phenoxy) is 3. The first-order valence-corrected chi connectivity index (χ1v) is 9.74. The van der Waals surface area contributed by atoms with Gasteiger partial charge < -0.3 is 24.4 Å². The summed E-state index contributed by atoms with van der Waals surface area (Å²) in [4.78, 5) is 38.4. The van der Waals surface area contributed by atoms with Gasteiger partial charge in [0.2, 0.25) is 0 Å². The van der Waals surface area contributed by atoms with Crippen LogP contribution in [0.5, 0.6) is 0 Å². The third-order valence-electron chi connectivity index (χ3n) is 4.50. The van der Waals surface area contributed by atoms with E-state index in [1.54, 1.807) is 25.7 Å². The first-order valence-electron chi connectivity index (χ1n) is 9.74. The van der Waals surface area contributed by atoms with Gasteiger partial charge in [-0.05, 0) is 45.6 Å². The van der Waals surface area contributed by atoms with Crippen LogP contribution in [0.1, 0.15) is 45.6 Å². The Hall–Kier alpha value is -2.77. The Morgan fingerprint density at radius 1 is 1.21 bits per heavy atom. The Labute approximate surface area is 171 Å². The van der Waals surface area contributed by atoms with Gasteiger partial charge in [0.15, 0.2) is 0 Å². The third-order valence-corrected chi connectivity index (χ3v) is 4.50. The number of likely N-dealkylation sites (tertiary alicyclic amines) is 1. The number of carbonyl (C=O) groups excluding carboxylic acids is 3. The summed E-state index contributed by atoms with van der Waals surface area (Å²) in [7, 11) is 1.26. The van der Waals surface area contributed by atoms with Gasteiger partial charge in [-0.3, -0.25) is 0 Å². The highest BCUT2D eigenvalue weighted by atomic mass is 16.6. The lowest BCUT2D eigenvalue weighted by atomic mass is 10.1. The highest BCUT2D eigenvalue weighted by Crippen LogP contribution is 2.24. The number of methoxy groups -OCH3 is 1. The normalized spacial score (nSPS) is 17.4. The summed E-state index contributed by atoms with van der Waals surface area (Å²) in [6.07, 6.45) is 0.608. The molecule has 0 radical (unpaired) electrons. The van der Waals surface area contributed by atoms with Gasteiger partial charge in [-0.25, -0.2) is 14.4 Å². The molecule has 2 amide bonds. The van der Waals surface area contributed by atoms with E-state index >= 15 is 0 Å². The minimum atomic E-state index is -0.920. The molecule has 1 aliphatic rings. The number of hydrogen-bond donors (Lipinski definition) is 1. The summed E-state index contributed by atoms with van der Waals surface area (Å²) in [5.74, 6) is -0.585. The summed E-state index contributed by atoms with van der Waals surface area (Å²) in [5, 5.41) is 2.56. The smallest absolute Gasteiger partial charge is 0.410 e. The Bertz CT molecular complexity index is 701. The second kappa shape index (κ2) is 10.1. The molecule has 0 bridgehead atoms. The molecule has 0 spiro atoms. The average molecular weight is 406 g/mol. The van der Waals surface area contributed by atoms with Crippen molar-refractivity contribution in [2.45, 2.75) is 64.3 Å². The average Bonchev–Trinajstić information content (AvgIpc) is 3.13. The Morgan fingerprint density at radius 2 is 1.90 bits per heavy atom. The molecule has 1 aliphatic heterocycles. The molecule has 0 aliphatic carbocycles. The summed E-state index contributed by atoms with van der Waals surface area (Å²) in [5.41, 5.74) is 0.232. The molecule has 1 fully saturated rings. The lowest BCUT2D eigenvalue weighted by Crippen LogP contribution is -2.47. The van der Waals surface area contributed by atoms with Crippen molar-refractivity contribution in [2.75, 3.05) is 13.7 Å². The molecule has 1 heterocycles. The van der Waals surface area contributed by atoms with Gasteiger partial charge in [0, 0.05) is 12.6 Å². The van der Waals surface area contributed by atoms with Crippen LogP contribution in [0.25, 0.3) is 0 Å². The molecule has 29 heavy (non-hydrogen) atoms. The number of alkyl carbamates (subject to hydrolysis) is 1. The maximum Gasteiger partial charge on any atom is 0.410 e. The van der Waals surface area contributed by atoms with Gasteiger partial charge in [0.05, 0.1) is 7.11 Å². The van der Waals surface area contributed by atoms with Crippen molar-refractivity contribution in [3.63, 3.8) is 0 Å². The lowest BCUT2D eigenvalue weighted by Gasteiger charge is -2.30. The molecule has 1 saturated heterocycles. The fourth-order valence-electron chi connectivity index (χ4n) is 3.18.